The Morgan fingerprint density at radius 2 is 2.05 bits per heavy atom. The highest BCUT2D eigenvalue weighted by Gasteiger charge is 2.11. The third-order valence-corrected chi connectivity index (χ3v) is 3.61. The van der Waals surface area contributed by atoms with E-state index in [1.165, 1.54) is 13.2 Å². The lowest BCUT2D eigenvalue weighted by Crippen LogP contribution is -2.25. The lowest BCUT2D eigenvalue weighted by molar-refractivity contribution is -0.116. The molecule has 0 unspecified atom stereocenters. The standard InChI is InChI=1S/C16H23ClN2O3/c1-4-5-9-19(2)10-8-15(20)18-14-11-12(16(21)22-3)6-7-13(14)17/h6-7,11H,4-5,8-10H2,1-3H3,(H,18,20). The Kier molecular flexibility index (Phi) is 7.91. The molecule has 0 aliphatic heterocycles. The van der Waals surface area contributed by atoms with Crippen LogP contribution in [0, 0.1) is 0 Å². The Bertz CT molecular complexity index is 520. The zero-order valence-corrected chi connectivity index (χ0v) is 14.1. The van der Waals surface area contributed by atoms with Gasteiger partial charge in [0.05, 0.1) is 23.4 Å². The van der Waals surface area contributed by atoms with Crippen molar-refractivity contribution in [3.8, 4) is 0 Å². The van der Waals surface area contributed by atoms with Gasteiger partial charge in [0.1, 0.15) is 0 Å². The molecule has 0 aliphatic carbocycles. The van der Waals surface area contributed by atoms with E-state index in [0.29, 0.717) is 29.2 Å². The highest BCUT2D eigenvalue weighted by molar-refractivity contribution is 6.33. The number of nitrogens with zero attached hydrogens (tertiary/aromatic N) is 1. The molecule has 5 nitrogen and oxygen atoms in total. The molecule has 0 spiro atoms. The minimum atomic E-state index is -0.466. The van der Waals surface area contributed by atoms with Crippen molar-refractivity contribution >= 4 is 29.2 Å². The molecule has 0 aliphatic rings. The highest BCUT2D eigenvalue weighted by Crippen LogP contribution is 2.23. The predicted octanol–water partition coefficient (Wildman–Crippen LogP) is 3.19. The van der Waals surface area contributed by atoms with Crippen LogP contribution >= 0.6 is 11.6 Å². The molecule has 1 aromatic carbocycles. The SMILES string of the molecule is CCCCN(C)CCC(=O)Nc1cc(C(=O)OC)ccc1Cl. The van der Waals surface area contributed by atoms with E-state index in [1.807, 2.05) is 7.05 Å². The third-order valence-electron chi connectivity index (χ3n) is 3.28. The summed E-state index contributed by atoms with van der Waals surface area (Å²) in [6, 6.07) is 4.64. The van der Waals surface area contributed by atoms with Gasteiger partial charge < -0.3 is 15.0 Å². The van der Waals surface area contributed by atoms with Crippen LogP contribution in [-0.2, 0) is 9.53 Å². The first-order valence-corrected chi connectivity index (χ1v) is 7.72. The Morgan fingerprint density at radius 1 is 1.32 bits per heavy atom. The molecule has 122 valence electrons. The molecule has 0 saturated carbocycles. The Hall–Kier alpha value is -1.59. The minimum Gasteiger partial charge on any atom is -0.465 e. The molecule has 0 saturated heterocycles. The van der Waals surface area contributed by atoms with Crippen LogP contribution in [0.25, 0.3) is 0 Å². The number of benzene rings is 1. The Labute approximate surface area is 136 Å². The quantitative estimate of drug-likeness (QED) is 0.745. The summed E-state index contributed by atoms with van der Waals surface area (Å²) >= 11 is 6.04. The number of halogens is 1. The number of amides is 1. The fourth-order valence-electron chi connectivity index (χ4n) is 1.91. The topological polar surface area (TPSA) is 58.6 Å². The Balaban J connectivity index is 2.58. The molecule has 1 aromatic rings. The lowest BCUT2D eigenvalue weighted by Gasteiger charge is -2.16. The number of nitrogens with one attached hydrogen (secondary N) is 1. The smallest absolute Gasteiger partial charge is 0.337 e. The van der Waals surface area contributed by atoms with Crippen LogP contribution < -0.4 is 5.32 Å². The summed E-state index contributed by atoms with van der Waals surface area (Å²) in [4.78, 5) is 25.6. The van der Waals surface area contributed by atoms with Crippen molar-refractivity contribution < 1.29 is 14.3 Å². The first-order valence-electron chi connectivity index (χ1n) is 7.34. The summed E-state index contributed by atoms with van der Waals surface area (Å²) in [7, 11) is 3.30. The average molecular weight is 327 g/mol. The maximum Gasteiger partial charge on any atom is 0.337 e. The van der Waals surface area contributed by atoms with Crippen LogP contribution in [0.2, 0.25) is 5.02 Å². The maximum absolute atomic E-state index is 12.0. The number of unbranched alkanes of at least 4 members (excludes halogenated alkanes) is 1. The summed E-state index contributed by atoms with van der Waals surface area (Å²) < 4.78 is 4.65. The van der Waals surface area contributed by atoms with Gasteiger partial charge in [-0.1, -0.05) is 24.9 Å². The van der Waals surface area contributed by atoms with Gasteiger partial charge in [-0.3, -0.25) is 4.79 Å². The van der Waals surface area contributed by atoms with Crippen LogP contribution in [0.5, 0.6) is 0 Å². The van der Waals surface area contributed by atoms with Crippen molar-refractivity contribution in [2.45, 2.75) is 26.2 Å². The van der Waals surface area contributed by atoms with Crippen LogP contribution in [0.1, 0.15) is 36.5 Å². The summed E-state index contributed by atoms with van der Waals surface area (Å²) in [5.74, 6) is -0.598. The number of hydrogen-bond donors (Lipinski definition) is 1. The van der Waals surface area contributed by atoms with Crippen LogP contribution in [0.4, 0.5) is 5.69 Å². The molecule has 0 heterocycles. The van der Waals surface area contributed by atoms with E-state index in [2.05, 4.69) is 21.9 Å². The fraction of sp³-hybridized carbons (Fsp3) is 0.500. The van der Waals surface area contributed by atoms with E-state index in [4.69, 9.17) is 11.6 Å². The molecule has 0 aromatic heterocycles. The average Bonchev–Trinajstić information content (AvgIpc) is 2.52. The number of carbonyl (C=O) groups excluding carboxylic acids is 2. The molecular formula is C16H23ClN2O3. The van der Waals surface area contributed by atoms with E-state index in [1.54, 1.807) is 12.1 Å². The van der Waals surface area contributed by atoms with E-state index in [0.717, 1.165) is 19.4 Å². The molecular weight excluding hydrogens is 304 g/mol. The molecule has 0 radical (unpaired) electrons. The van der Waals surface area contributed by atoms with E-state index in [-0.39, 0.29) is 5.91 Å². The van der Waals surface area contributed by atoms with E-state index >= 15 is 0 Å². The van der Waals surface area contributed by atoms with Crippen molar-refractivity contribution in [3.63, 3.8) is 0 Å². The summed E-state index contributed by atoms with van der Waals surface area (Å²) in [5, 5.41) is 3.12. The van der Waals surface area contributed by atoms with Gasteiger partial charge in [-0.15, -0.1) is 0 Å². The van der Waals surface area contributed by atoms with Gasteiger partial charge in [0.15, 0.2) is 0 Å². The monoisotopic (exact) mass is 326 g/mol. The number of methoxy groups -OCH3 is 1. The first kappa shape index (κ1) is 18.5. The van der Waals surface area contributed by atoms with E-state index < -0.39 is 5.97 Å². The number of esters is 1. The van der Waals surface area contributed by atoms with Gasteiger partial charge in [0.25, 0.3) is 0 Å². The molecule has 1 rings (SSSR count). The van der Waals surface area contributed by atoms with Crippen molar-refractivity contribution in [2.24, 2.45) is 0 Å². The van der Waals surface area contributed by atoms with Crippen molar-refractivity contribution in [1.82, 2.24) is 4.90 Å². The van der Waals surface area contributed by atoms with Crippen molar-refractivity contribution in [2.75, 3.05) is 32.6 Å². The van der Waals surface area contributed by atoms with Gasteiger partial charge in [-0.05, 0) is 38.2 Å². The number of carbonyl (C=O) groups is 2. The number of rotatable bonds is 8. The fourth-order valence-corrected chi connectivity index (χ4v) is 2.08. The Morgan fingerprint density at radius 3 is 2.68 bits per heavy atom. The summed E-state index contributed by atoms with van der Waals surface area (Å²) in [6.07, 6.45) is 2.62. The minimum absolute atomic E-state index is 0.132. The summed E-state index contributed by atoms with van der Waals surface area (Å²) in [5.41, 5.74) is 0.771. The number of anilines is 1. The van der Waals surface area contributed by atoms with Gasteiger partial charge in [-0.25, -0.2) is 4.79 Å². The van der Waals surface area contributed by atoms with Gasteiger partial charge >= 0.3 is 5.97 Å². The van der Waals surface area contributed by atoms with Crippen LogP contribution in [0.3, 0.4) is 0 Å². The molecule has 0 atom stereocenters. The second kappa shape index (κ2) is 9.43. The van der Waals surface area contributed by atoms with Crippen molar-refractivity contribution in [1.29, 1.82) is 0 Å². The van der Waals surface area contributed by atoms with Gasteiger partial charge in [-0.2, -0.15) is 0 Å². The van der Waals surface area contributed by atoms with Crippen LogP contribution in [-0.4, -0.2) is 44.0 Å². The van der Waals surface area contributed by atoms with Gasteiger partial charge in [0.2, 0.25) is 5.91 Å². The molecule has 22 heavy (non-hydrogen) atoms. The first-order chi connectivity index (χ1) is 10.5. The zero-order chi connectivity index (χ0) is 16.5. The molecule has 0 bridgehead atoms. The molecule has 6 heteroatoms. The number of ether oxygens (including phenoxy) is 1. The molecule has 1 amide bonds. The molecule has 1 N–H and O–H groups in total. The van der Waals surface area contributed by atoms with E-state index in [9.17, 15) is 9.59 Å². The molecule has 0 fully saturated rings. The number of hydrogen-bond acceptors (Lipinski definition) is 4. The summed E-state index contributed by atoms with van der Waals surface area (Å²) in [6.45, 7) is 3.79. The van der Waals surface area contributed by atoms with Crippen molar-refractivity contribution in [3.05, 3.63) is 28.8 Å². The largest absolute Gasteiger partial charge is 0.465 e. The zero-order valence-electron chi connectivity index (χ0n) is 13.3. The predicted molar refractivity (Wildman–Crippen MR) is 88.4 cm³/mol. The third kappa shape index (κ3) is 6.03. The maximum atomic E-state index is 12.0. The second-order valence-corrected chi connectivity index (χ2v) is 5.55. The lowest BCUT2D eigenvalue weighted by atomic mass is 10.2. The van der Waals surface area contributed by atoms with Gasteiger partial charge in [0, 0.05) is 13.0 Å². The van der Waals surface area contributed by atoms with Crippen LogP contribution in [0.15, 0.2) is 18.2 Å². The normalized spacial score (nSPS) is 10.6. The second-order valence-electron chi connectivity index (χ2n) is 5.14. The highest BCUT2D eigenvalue weighted by atomic mass is 35.5.